The van der Waals surface area contributed by atoms with Gasteiger partial charge in [-0.15, -0.1) is 0 Å². The van der Waals surface area contributed by atoms with Crippen molar-refractivity contribution in [2.24, 2.45) is 0 Å². The van der Waals surface area contributed by atoms with Gasteiger partial charge in [0.25, 0.3) is 0 Å². The second kappa shape index (κ2) is 8.48. The first kappa shape index (κ1) is 19.5. The molecule has 5 atom stereocenters. The van der Waals surface area contributed by atoms with Crippen molar-refractivity contribution in [3.63, 3.8) is 0 Å². The van der Waals surface area contributed by atoms with Crippen molar-refractivity contribution in [1.82, 2.24) is 0 Å². The van der Waals surface area contributed by atoms with Crippen molar-refractivity contribution in [1.29, 1.82) is 0 Å². The lowest BCUT2D eigenvalue weighted by atomic mass is 9.99. The highest BCUT2D eigenvalue weighted by Gasteiger charge is 2.48. The Balaban J connectivity index is 2.19. The van der Waals surface area contributed by atoms with E-state index in [0.29, 0.717) is 11.4 Å². The second-order valence-corrected chi connectivity index (χ2v) is 6.01. The van der Waals surface area contributed by atoms with Crippen molar-refractivity contribution < 1.29 is 34.7 Å². The van der Waals surface area contributed by atoms with Crippen LogP contribution in [0.5, 0.6) is 5.75 Å². The number of carboxylic acid groups (broad SMARTS) is 1. The number of hydrogen-bond donors (Lipinski definition) is 5. The zero-order valence-electron chi connectivity index (χ0n) is 14.2. The van der Waals surface area contributed by atoms with E-state index < -0.39 is 36.7 Å². The summed E-state index contributed by atoms with van der Waals surface area (Å²) in [6.07, 6.45) is -6.35. The molecule has 8 heteroatoms. The number of carbonyl (C=O) groups is 1. The molecule has 1 aromatic carbocycles. The van der Waals surface area contributed by atoms with Crippen LogP contribution in [0.1, 0.15) is 26.7 Å². The highest BCUT2D eigenvalue weighted by Crippen LogP contribution is 2.30. The molecule has 0 aromatic heterocycles. The Labute approximate surface area is 146 Å². The van der Waals surface area contributed by atoms with E-state index in [-0.39, 0.29) is 6.04 Å². The van der Waals surface area contributed by atoms with Gasteiger partial charge in [0.2, 0.25) is 6.29 Å². The zero-order valence-corrected chi connectivity index (χ0v) is 14.2. The molecule has 0 spiro atoms. The van der Waals surface area contributed by atoms with Crippen LogP contribution in [0.25, 0.3) is 0 Å². The average molecular weight is 355 g/mol. The Hall–Kier alpha value is -1.87. The highest BCUT2D eigenvalue weighted by molar-refractivity contribution is 5.73. The van der Waals surface area contributed by atoms with Crippen molar-refractivity contribution in [2.75, 3.05) is 5.32 Å². The first-order valence-electron chi connectivity index (χ1n) is 8.33. The monoisotopic (exact) mass is 355 g/mol. The molecule has 0 aliphatic carbocycles. The van der Waals surface area contributed by atoms with E-state index >= 15 is 0 Å². The van der Waals surface area contributed by atoms with E-state index in [1.807, 2.05) is 19.9 Å². The molecule has 1 fully saturated rings. The summed E-state index contributed by atoms with van der Waals surface area (Å²) in [6.45, 7) is 4.10. The molecular formula is C17H25NO7. The number of aliphatic carboxylic acids is 1. The fraction of sp³-hybridized carbons (Fsp3) is 0.588. The number of rotatable bonds is 7. The molecule has 0 saturated carbocycles. The lowest BCUT2D eigenvalue weighted by Gasteiger charge is -2.38. The SMILES string of the molecule is CCC(CC)Nc1ccccc1OC1OC(C(=O)O)C(O)C(O)C1O. The molecule has 5 unspecified atom stereocenters. The maximum atomic E-state index is 11.2. The minimum atomic E-state index is -1.75. The van der Waals surface area contributed by atoms with Gasteiger partial charge >= 0.3 is 5.97 Å². The number of benzene rings is 1. The molecule has 140 valence electrons. The van der Waals surface area contributed by atoms with Gasteiger partial charge in [0.1, 0.15) is 24.1 Å². The summed E-state index contributed by atoms with van der Waals surface area (Å²) in [4.78, 5) is 11.2. The molecule has 8 nitrogen and oxygen atoms in total. The van der Waals surface area contributed by atoms with Gasteiger partial charge in [-0.3, -0.25) is 0 Å². The standard InChI is InChI=1S/C17H25NO7/c1-3-9(4-2)18-10-7-5-6-8-11(10)24-17-14(21)12(19)13(20)15(25-17)16(22)23/h5-9,12-15,17-21H,3-4H2,1-2H3,(H,22,23). The maximum Gasteiger partial charge on any atom is 0.335 e. The molecule has 5 N–H and O–H groups in total. The number of para-hydroxylation sites is 2. The van der Waals surface area contributed by atoms with Gasteiger partial charge in [0, 0.05) is 6.04 Å². The van der Waals surface area contributed by atoms with Crippen LogP contribution in [0.2, 0.25) is 0 Å². The Bertz CT molecular complexity index is 578. The Kier molecular flexibility index (Phi) is 6.60. The normalized spacial score (nSPS) is 29.4. The number of anilines is 1. The molecule has 0 radical (unpaired) electrons. The van der Waals surface area contributed by atoms with Crippen LogP contribution >= 0.6 is 0 Å². The van der Waals surface area contributed by atoms with Crippen molar-refractivity contribution in [3.05, 3.63) is 24.3 Å². The fourth-order valence-electron chi connectivity index (χ4n) is 2.68. The van der Waals surface area contributed by atoms with E-state index in [1.54, 1.807) is 18.2 Å². The summed E-state index contributed by atoms with van der Waals surface area (Å²) in [6, 6.07) is 7.20. The summed E-state index contributed by atoms with van der Waals surface area (Å²) < 4.78 is 10.8. The van der Waals surface area contributed by atoms with Crippen molar-refractivity contribution in [3.8, 4) is 5.75 Å². The summed E-state index contributed by atoms with van der Waals surface area (Å²) >= 11 is 0. The van der Waals surface area contributed by atoms with E-state index in [2.05, 4.69) is 5.32 Å². The molecule has 1 saturated heterocycles. The van der Waals surface area contributed by atoms with E-state index in [0.717, 1.165) is 12.8 Å². The molecule has 25 heavy (non-hydrogen) atoms. The van der Waals surface area contributed by atoms with Gasteiger partial charge in [0.15, 0.2) is 6.10 Å². The number of aliphatic hydroxyl groups excluding tert-OH is 3. The molecule has 0 bridgehead atoms. The minimum absolute atomic E-state index is 0.223. The number of nitrogens with one attached hydrogen (secondary N) is 1. The number of ether oxygens (including phenoxy) is 2. The Morgan fingerprint density at radius 3 is 2.40 bits per heavy atom. The lowest BCUT2D eigenvalue weighted by Crippen LogP contribution is -2.61. The Morgan fingerprint density at radius 2 is 1.80 bits per heavy atom. The van der Waals surface area contributed by atoms with E-state index in [1.165, 1.54) is 0 Å². The van der Waals surface area contributed by atoms with Crippen LogP contribution in [-0.2, 0) is 9.53 Å². The van der Waals surface area contributed by atoms with Gasteiger partial charge in [-0.05, 0) is 25.0 Å². The first-order valence-corrected chi connectivity index (χ1v) is 8.33. The summed E-state index contributed by atoms with van der Waals surface area (Å²) in [7, 11) is 0. The van der Waals surface area contributed by atoms with Crippen molar-refractivity contribution in [2.45, 2.75) is 63.4 Å². The topological polar surface area (TPSA) is 128 Å². The second-order valence-electron chi connectivity index (χ2n) is 6.01. The maximum absolute atomic E-state index is 11.2. The third kappa shape index (κ3) is 4.40. The lowest BCUT2D eigenvalue weighted by molar-refractivity contribution is -0.271. The van der Waals surface area contributed by atoms with Crippen LogP contribution in [0.4, 0.5) is 5.69 Å². The summed E-state index contributed by atoms with van der Waals surface area (Å²) in [5.41, 5.74) is 0.666. The minimum Gasteiger partial charge on any atom is -0.479 e. The fourth-order valence-corrected chi connectivity index (χ4v) is 2.68. The predicted octanol–water partition coefficient (Wildman–Crippen LogP) is 0.558. The van der Waals surface area contributed by atoms with E-state index in [9.17, 15) is 20.1 Å². The number of hydrogen-bond acceptors (Lipinski definition) is 7. The quantitative estimate of drug-likeness (QED) is 0.480. The number of carboxylic acids is 1. The average Bonchev–Trinajstić information content (AvgIpc) is 2.60. The molecule has 1 heterocycles. The number of aliphatic hydroxyl groups is 3. The van der Waals surface area contributed by atoms with Crippen LogP contribution in [0.3, 0.4) is 0 Å². The van der Waals surface area contributed by atoms with E-state index in [4.69, 9.17) is 14.6 Å². The van der Waals surface area contributed by atoms with Gasteiger partial charge in [-0.25, -0.2) is 4.79 Å². The predicted molar refractivity (Wildman–Crippen MR) is 89.4 cm³/mol. The molecular weight excluding hydrogens is 330 g/mol. The molecule has 0 amide bonds. The molecule has 2 rings (SSSR count). The van der Waals surface area contributed by atoms with Crippen LogP contribution in [-0.4, -0.2) is 63.1 Å². The molecule has 1 aliphatic rings. The van der Waals surface area contributed by atoms with Crippen molar-refractivity contribution >= 4 is 11.7 Å². The van der Waals surface area contributed by atoms with Gasteiger partial charge in [-0.1, -0.05) is 26.0 Å². The molecule has 1 aromatic rings. The zero-order chi connectivity index (χ0) is 18.6. The summed E-state index contributed by atoms with van der Waals surface area (Å²) in [5, 5.41) is 42.0. The van der Waals surface area contributed by atoms with Crippen LogP contribution in [0, 0.1) is 0 Å². The highest BCUT2D eigenvalue weighted by atomic mass is 16.7. The third-order valence-electron chi connectivity index (χ3n) is 4.29. The third-order valence-corrected chi connectivity index (χ3v) is 4.29. The van der Waals surface area contributed by atoms with Crippen LogP contribution < -0.4 is 10.1 Å². The van der Waals surface area contributed by atoms with Gasteiger partial charge in [0.05, 0.1) is 5.69 Å². The smallest absolute Gasteiger partial charge is 0.335 e. The summed E-state index contributed by atoms with van der Waals surface area (Å²) in [5.74, 6) is -1.10. The van der Waals surface area contributed by atoms with Crippen LogP contribution in [0.15, 0.2) is 24.3 Å². The largest absolute Gasteiger partial charge is 0.479 e. The molecule has 1 aliphatic heterocycles. The van der Waals surface area contributed by atoms with Gasteiger partial charge < -0.3 is 35.2 Å². The van der Waals surface area contributed by atoms with Gasteiger partial charge in [-0.2, -0.15) is 0 Å². The Morgan fingerprint density at radius 1 is 1.16 bits per heavy atom. The first-order chi connectivity index (χ1) is 11.9.